The van der Waals surface area contributed by atoms with Crippen molar-refractivity contribution in [1.29, 1.82) is 0 Å². The van der Waals surface area contributed by atoms with Gasteiger partial charge in [-0.3, -0.25) is 10.1 Å². The SMILES string of the molecule is CC(=O)Nc1nc(=S)c2c(nnn2COCCOC(C)C)[nH]1. The lowest BCUT2D eigenvalue weighted by atomic mass is 10.5. The van der Waals surface area contributed by atoms with Crippen molar-refractivity contribution in [2.75, 3.05) is 18.5 Å². The van der Waals surface area contributed by atoms with Crippen LogP contribution < -0.4 is 5.32 Å². The molecule has 0 radical (unpaired) electrons. The van der Waals surface area contributed by atoms with Crippen molar-refractivity contribution < 1.29 is 14.3 Å². The number of nitrogens with zero attached hydrogens (tertiary/aromatic N) is 4. The van der Waals surface area contributed by atoms with Gasteiger partial charge in [0.05, 0.1) is 19.3 Å². The largest absolute Gasteiger partial charge is 0.376 e. The molecule has 10 heteroatoms. The van der Waals surface area contributed by atoms with Crippen LogP contribution in [0.1, 0.15) is 20.8 Å². The van der Waals surface area contributed by atoms with Gasteiger partial charge in [0.1, 0.15) is 12.2 Å². The van der Waals surface area contributed by atoms with E-state index in [1.165, 1.54) is 11.6 Å². The lowest BCUT2D eigenvalue weighted by Crippen LogP contribution is -2.13. The van der Waals surface area contributed by atoms with Crippen LogP contribution in [0.15, 0.2) is 0 Å². The van der Waals surface area contributed by atoms with E-state index in [4.69, 9.17) is 21.7 Å². The fourth-order valence-electron chi connectivity index (χ4n) is 1.71. The third kappa shape index (κ3) is 4.29. The topological polar surface area (TPSA) is 107 Å². The first-order valence-corrected chi connectivity index (χ1v) is 7.18. The van der Waals surface area contributed by atoms with Crippen molar-refractivity contribution >= 4 is 35.2 Å². The number of hydrogen-bond acceptors (Lipinski definition) is 7. The monoisotopic (exact) mass is 326 g/mol. The molecule has 0 fully saturated rings. The minimum absolute atomic E-state index is 0.168. The molecule has 0 aromatic carbocycles. The Morgan fingerprint density at radius 1 is 1.45 bits per heavy atom. The zero-order valence-electron chi connectivity index (χ0n) is 12.6. The zero-order valence-corrected chi connectivity index (χ0v) is 13.4. The molecule has 0 saturated heterocycles. The number of rotatable bonds is 7. The second kappa shape index (κ2) is 7.38. The summed E-state index contributed by atoms with van der Waals surface area (Å²) in [5.74, 6) is -0.0123. The highest BCUT2D eigenvalue weighted by Crippen LogP contribution is 2.12. The molecule has 2 heterocycles. The molecule has 2 N–H and O–H groups in total. The first-order chi connectivity index (χ1) is 10.5. The molecule has 0 aliphatic carbocycles. The number of fused-ring (bicyclic) bond motifs is 1. The first-order valence-electron chi connectivity index (χ1n) is 6.78. The molecule has 0 saturated carbocycles. The van der Waals surface area contributed by atoms with E-state index in [9.17, 15) is 4.79 Å². The summed E-state index contributed by atoms with van der Waals surface area (Å²) in [5.41, 5.74) is 0.986. The Balaban J connectivity index is 2.06. The maximum absolute atomic E-state index is 11.0. The maximum atomic E-state index is 11.0. The molecule has 2 rings (SSSR count). The maximum Gasteiger partial charge on any atom is 0.223 e. The summed E-state index contributed by atoms with van der Waals surface area (Å²) in [6, 6.07) is 0. The third-order valence-electron chi connectivity index (χ3n) is 2.57. The van der Waals surface area contributed by atoms with E-state index in [0.29, 0.717) is 24.4 Å². The van der Waals surface area contributed by atoms with E-state index >= 15 is 0 Å². The van der Waals surface area contributed by atoms with Crippen molar-refractivity contribution in [2.45, 2.75) is 33.6 Å². The van der Waals surface area contributed by atoms with Crippen LogP contribution in [-0.2, 0) is 21.0 Å². The zero-order chi connectivity index (χ0) is 16.1. The molecular weight excluding hydrogens is 308 g/mol. The Labute approximate surface area is 132 Å². The Morgan fingerprint density at radius 2 is 2.23 bits per heavy atom. The number of ether oxygens (including phenoxy) is 2. The second-order valence-electron chi connectivity index (χ2n) is 4.81. The molecule has 0 aliphatic heterocycles. The van der Waals surface area contributed by atoms with Crippen LogP contribution >= 0.6 is 12.2 Å². The van der Waals surface area contributed by atoms with E-state index in [1.807, 2.05) is 13.8 Å². The summed E-state index contributed by atoms with van der Waals surface area (Å²) < 4.78 is 12.6. The molecule has 0 atom stereocenters. The van der Waals surface area contributed by atoms with Crippen LogP contribution in [-0.4, -0.2) is 50.2 Å². The number of amides is 1. The lowest BCUT2D eigenvalue weighted by Gasteiger charge is -2.08. The van der Waals surface area contributed by atoms with Crippen molar-refractivity contribution in [3.05, 3.63) is 4.64 Å². The average Bonchev–Trinajstić information content (AvgIpc) is 2.80. The summed E-state index contributed by atoms with van der Waals surface area (Å²) >= 11 is 5.21. The highest BCUT2D eigenvalue weighted by Gasteiger charge is 2.10. The van der Waals surface area contributed by atoms with Crippen molar-refractivity contribution in [3.8, 4) is 0 Å². The van der Waals surface area contributed by atoms with E-state index in [-0.39, 0.29) is 29.3 Å². The van der Waals surface area contributed by atoms with Crippen LogP contribution in [0.2, 0.25) is 0 Å². The molecular formula is C12H18N6O3S. The number of carbonyl (C=O) groups is 1. The smallest absolute Gasteiger partial charge is 0.223 e. The molecule has 0 spiro atoms. The lowest BCUT2D eigenvalue weighted by molar-refractivity contribution is -0.114. The average molecular weight is 326 g/mol. The molecule has 22 heavy (non-hydrogen) atoms. The summed E-state index contributed by atoms with van der Waals surface area (Å²) in [6.07, 6.45) is 0.168. The molecule has 1 amide bonds. The molecule has 2 aromatic rings. The summed E-state index contributed by atoms with van der Waals surface area (Å²) in [7, 11) is 0. The van der Waals surface area contributed by atoms with Gasteiger partial charge in [-0.2, -0.15) is 0 Å². The number of H-pyrrole nitrogens is 1. The van der Waals surface area contributed by atoms with Gasteiger partial charge in [-0.05, 0) is 13.8 Å². The van der Waals surface area contributed by atoms with E-state index < -0.39 is 0 Å². The van der Waals surface area contributed by atoms with Crippen molar-refractivity contribution in [2.24, 2.45) is 0 Å². The van der Waals surface area contributed by atoms with E-state index in [2.05, 4.69) is 25.6 Å². The van der Waals surface area contributed by atoms with Crippen molar-refractivity contribution in [1.82, 2.24) is 25.0 Å². The summed E-state index contributed by atoms with van der Waals surface area (Å²) in [5, 5.41) is 10.4. The number of aromatic nitrogens is 5. The normalized spacial score (nSPS) is 11.3. The third-order valence-corrected chi connectivity index (χ3v) is 2.86. The van der Waals surface area contributed by atoms with Crippen LogP contribution in [0, 0.1) is 4.64 Å². The Kier molecular flexibility index (Phi) is 5.52. The van der Waals surface area contributed by atoms with Crippen molar-refractivity contribution in [3.63, 3.8) is 0 Å². The Morgan fingerprint density at radius 3 is 2.91 bits per heavy atom. The number of carbonyl (C=O) groups excluding carboxylic acids is 1. The highest BCUT2D eigenvalue weighted by molar-refractivity contribution is 7.71. The molecule has 2 aromatic heterocycles. The standard InChI is InChI=1S/C12H18N6O3S/c1-7(2)21-5-4-20-6-18-9-10(16-17-18)14-12(13-8(3)19)15-11(9)22/h7H,4-6H2,1-3H3,(H2,13,14,15,19,22). The van der Waals surface area contributed by atoms with Gasteiger partial charge in [0, 0.05) is 6.92 Å². The Bertz CT molecular complexity index is 710. The second-order valence-corrected chi connectivity index (χ2v) is 5.20. The van der Waals surface area contributed by atoms with E-state index in [1.54, 1.807) is 0 Å². The molecule has 120 valence electrons. The van der Waals surface area contributed by atoms with Gasteiger partial charge in [0.25, 0.3) is 0 Å². The van der Waals surface area contributed by atoms with E-state index in [0.717, 1.165) is 0 Å². The fourth-order valence-corrected chi connectivity index (χ4v) is 2.01. The predicted octanol–water partition coefficient (Wildman–Crippen LogP) is 1.24. The quantitative estimate of drug-likeness (QED) is 0.582. The van der Waals surface area contributed by atoms with Gasteiger partial charge in [0.15, 0.2) is 10.3 Å². The van der Waals surface area contributed by atoms with Gasteiger partial charge in [0.2, 0.25) is 11.9 Å². The number of nitrogens with one attached hydrogen (secondary N) is 2. The summed E-state index contributed by atoms with van der Waals surface area (Å²) in [4.78, 5) is 18.0. The van der Waals surface area contributed by atoms with Gasteiger partial charge in [-0.25, -0.2) is 9.67 Å². The number of anilines is 1. The molecule has 0 unspecified atom stereocenters. The highest BCUT2D eigenvalue weighted by atomic mass is 32.1. The predicted molar refractivity (Wildman–Crippen MR) is 81.9 cm³/mol. The van der Waals surface area contributed by atoms with Crippen LogP contribution in [0.3, 0.4) is 0 Å². The molecule has 0 bridgehead atoms. The van der Waals surface area contributed by atoms with Gasteiger partial charge < -0.3 is 14.5 Å². The number of hydrogen-bond donors (Lipinski definition) is 2. The first kappa shape index (κ1) is 16.5. The fraction of sp³-hybridized carbons (Fsp3) is 0.583. The van der Waals surface area contributed by atoms with Crippen LogP contribution in [0.25, 0.3) is 11.2 Å². The molecule has 9 nitrogen and oxygen atoms in total. The summed E-state index contributed by atoms with van der Waals surface area (Å²) in [6.45, 7) is 6.43. The van der Waals surface area contributed by atoms with Crippen LogP contribution in [0.4, 0.5) is 5.95 Å². The number of aromatic amines is 1. The van der Waals surface area contributed by atoms with Crippen LogP contribution in [0.5, 0.6) is 0 Å². The van der Waals surface area contributed by atoms with Gasteiger partial charge in [-0.15, -0.1) is 5.10 Å². The van der Waals surface area contributed by atoms with Gasteiger partial charge in [-0.1, -0.05) is 17.4 Å². The minimum atomic E-state index is -0.252. The Hall–Kier alpha value is -1.91. The molecule has 0 aliphatic rings. The minimum Gasteiger partial charge on any atom is -0.376 e. The van der Waals surface area contributed by atoms with Gasteiger partial charge >= 0.3 is 0 Å².